The van der Waals surface area contributed by atoms with E-state index in [1.807, 2.05) is 0 Å². The molecule has 0 bridgehead atoms. The van der Waals surface area contributed by atoms with Gasteiger partial charge < -0.3 is 0 Å². The molecule has 0 aliphatic rings. The zero-order valence-corrected chi connectivity index (χ0v) is 9.21. The van der Waals surface area contributed by atoms with E-state index in [9.17, 15) is 14.4 Å². The third-order valence-corrected chi connectivity index (χ3v) is 2.22. The molecule has 0 spiro atoms. The van der Waals surface area contributed by atoms with Crippen molar-refractivity contribution in [3.05, 3.63) is 29.8 Å². The van der Waals surface area contributed by atoms with Gasteiger partial charge in [0.05, 0.1) is 5.69 Å². The Morgan fingerprint density at radius 1 is 1.24 bits per heavy atom. The van der Waals surface area contributed by atoms with Crippen LogP contribution in [0.5, 0.6) is 0 Å². The number of rotatable bonds is 5. The van der Waals surface area contributed by atoms with Crippen LogP contribution in [0.3, 0.4) is 0 Å². The molecular formula is C12H10N2O3. The first-order chi connectivity index (χ1) is 8.17. The van der Waals surface area contributed by atoms with Crippen LogP contribution >= 0.6 is 0 Å². The number of aliphatic imine (C=N–C) groups is 2. The standard InChI is InChI=1S/C12H10N2O3/c1-9(17)12(14-8-16)6-10-2-4-11(5-3-10)13-7-15/h2-5,12H,6H2,1H3. The van der Waals surface area contributed by atoms with E-state index in [1.165, 1.54) is 19.1 Å². The molecular weight excluding hydrogens is 220 g/mol. The van der Waals surface area contributed by atoms with Gasteiger partial charge in [0, 0.05) is 6.42 Å². The molecule has 1 aromatic rings. The fourth-order valence-corrected chi connectivity index (χ4v) is 1.33. The third kappa shape index (κ3) is 3.95. The molecule has 1 unspecified atom stereocenters. The van der Waals surface area contributed by atoms with E-state index in [-0.39, 0.29) is 5.78 Å². The van der Waals surface area contributed by atoms with Crippen molar-refractivity contribution in [3.8, 4) is 0 Å². The quantitative estimate of drug-likeness (QED) is 0.568. The highest BCUT2D eigenvalue weighted by Gasteiger charge is 2.13. The Morgan fingerprint density at radius 2 is 1.88 bits per heavy atom. The molecule has 1 atom stereocenters. The van der Waals surface area contributed by atoms with Gasteiger partial charge in [-0.05, 0) is 24.6 Å². The summed E-state index contributed by atoms with van der Waals surface area (Å²) in [5, 5.41) is 0. The number of carbonyl (C=O) groups excluding carboxylic acids is 3. The van der Waals surface area contributed by atoms with Crippen LogP contribution in [0, 0.1) is 0 Å². The Kier molecular flexibility index (Phi) is 4.70. The van der Waals surface area contributed by atoms with Gasteiger partial charge in [0.25, 0.3) is 0 Å². The first kappa shape index (κ1) is 12.7. The lowest BCUT2D eigenvalue weighted by Gasteiger charge is -2.06. The molecule has 0 amide bonds. The zero-order valence-electron chi connectivity index (χ0n) is 9.21. The van der Waals surface area contributed by atoms with Gasteiger partial charge in [0.15, 0.2) is 5.78 Å². The number of ketones is 1. The third-order valence-electron chi connectivity index (χ3n) is 2.22. The van der Waals surface area contributed by atoms with E-state index >= 15 is 0 Å². The summed E-state index contributed by atoms with van der Waals surface area (Å²) in [5.41, 5.74) is 1.32. The van der Waals surface area contributed by atoms with Crippen molar-refractivity contribution in [1.29, 1.82) is 0 Å². The van der Waals surface area contributed by atoms with Gasteiger partial charge in [0.2, 0.25) is 12.2 Å². The number of Topliss-reactive ketones (excluding diaryl/α,β-unsaturated/α-hetero) is 1. The van der Waals surface area contributed by atoms with E-state index in [0.717, 1.165) is 5.56 Å². The summed E-state index contributed by atoms with van der Waals surface area (Å²) < 4.78 is 0. The minimum atomic E-state index is -0.701. The minimum absolute atomic E-state index is 0.191. The van der Waals surface area contributed by atoms with Gasteiger partial charge in [-0.2, -0.15) is 9.98 Å². The van der Waals surface area contributed by atoms with Crippen molar-refractivity contribution < 1.29 is 14.4 Å². The highest BCUT2D eigenvalue weighted by Crippen LogP contribution is 2.14. The molecule has 5 heteroatoms. The van der Waals surface area contributed by atoms with Crippen molar-refractivity contribution >= 4 is 23.6 Å². The molecule has 5 nitrogen and oxygen atoms in total. The summed E-state index contributed by atoms with van der Waals surface area (Å²) in [5.74, 6) is -0.191. The van der Waals surface area contributed by atoms with Gasteiger partial charge in [-0.25, -0.2) is 9.59 Å². The first-order valence-electron chi connectivity index (χ1n) is 4.91. The zero-order chi connectivity index (χ0) is 12.7. The largest absolute Gasteiger partial charge is 0.298 e. The van der Waals surface area contributed by atoms with E-state index in [2.05, 4.69) is 9.98 Å². The van der Waals surface area contributed by atoms with E-state index < -0.39 is 6.04 Å². The average molecular weight is 230 g/mol. The number of hydrogen-bond donors (Lipinski definition) is 0. The van der Waals surface area contributed by atoms with Crippen LogP contribution in [0.1, 0.15) is 12.5 Å². The van der Waals surface area contributed by atoms with Crippen molar-refractivity contribution in [1.82, 2.24) is 0 Å². The number of isocyanates is 2. The number of benzene rings is 1. The summed E-state index contributed by atoms with van der Waals surface area (Å²) in [6.07, 6.45) is 3.15. The molecule has 1 aromatic carbocycles. The number of hydrogen-bond acceptors (Lipinski definition) is 5. The van der Waals surface area contributed by atoms with Crippen LogP contribution in [-0.2, 0) is 20.8 Å². The molecule has 0 N–H and O–H groups in total. The molecule has 17 heavy (non-hydrogen) atoms. The number of nitrogens with zero attached hydrogens (tertiary/aromatic N) is 2. The summed E-state index contributed by atoms with van der Waals surface area (Å²) in [6.45, 7) is 1.37. The van der Waals surface area contributed by atoms with Gasteiger partial charge in [-0.15, -0.1) is 0 Å². The predicted octanol–water partition coefficient (Wildman–Crippen LogP) is 1.49. The molecule has 0 radical (unpaired) electrons. The van der Waals surface area contributed by atoms with Crippen LogP contribution in [0.2, 0.25) is 0 Å². The Hall–Kier alpha value is -2.35. The summed E-state index contributed by atoms with van der Waals surface area (Å²) in [7, 11) is 0. The van der Waals surface area contributed by atoms with Crippen LogP contribution in [-0.4, -0.2) is 24.0 Å². The highest BCUT2D eigenvalue weighted by atomic mass is 16.1. The van der Waals surface area contributed by atoms with E-state index in [0.29, 0.717) is 12.1 Å². The lowest BCUT2D eigenvalue weighted by atomic mass is 10.0. The fraction of sp³-hybridized carbons (Fsp3) is 0.250. The van der Waals surface area contributed by atoms with Gasteiger partial charge in [-0.1, -0.05) is 12.1 Å². The minimum Gasteiger partial charge on any atom is -0.298 e. The fourth-order valence-electron chi connectivity index (χ4n) is 1.33. The smallest absolute Gasteiger partial charge is 0.240 e. The second-order valence-electron chi connectivity index (χ2n) is 3.42. The summed E-state index contributed by atoms with van der Waals surface area (Å²) in [6, 6.07) is 5.98. The Balaban J connectivity index is 2.83. The normalized spacial score (nSPS) is 10.9. The predicted molar refractivity (Wildman–Crippen MR) is 60.5 cm³/mol. The van der Waals surface area contributed by atoms with Crippen molar-refractivity contribution in [2.24, 2.45) is 9.98 Å². The van der Waals surface area contributed by atoms with Crippen molar-refractivity contribution in [2.45, 2.75) is 19.4 Å². The van der Waals surface area contributed by atoms with Crippen LogP contribution in [0.15, 0.2) is 34.3 Å². The molecule has 0 fully saturated rings. The van der Waals surface area contributed by atoms with Crippen molar-refractivity contribution in [3.63, 3.8) is 0 Å². The van der Waals surface area contributed by atoms with E-state index in [1.54, 1.807) is 24.3 Å². The molecule has 0 aromatic heterocycles. The molecule has 0 saturated heterocycles. The van der Waals surface area contributed by atoms with Crippen LogP contribution in [0.25, 0.3) is 0 Å². The maximum atomic E-state index is 11.2. The maximum absolute atomic E-state index is 11.2. The second-order valence-corrected chi connectivity index (χ2v) is 3.42. The Morgan fingerprint density at radius 3 is 2.35 bits per heavy atom. The van der Waals surface area contributed by atoms with E-state index in [4.69, 9.17) is 0 Å². The molecule has 1 rings (SSSR count). The van der Waals surface area contributed by atoms with Crippen LogP contribution < -0.4 is 0 Å². The van der Waals surface area contributed by atoms with Gasteiger partial charge >= 0.3 is 0 Å². The lowest BCUT2D eigenvalue weighted by molar-refractivity contribution is -0.118. The SMILES string of the molecule is CC(=O)C(Cc1ccc(N=C=O)cc1)N=C=O. The summed E-state index contributed by atoms with van der Waals surface area (Å²) in [4.78, 5) is 38.2. The molecule has 0 aliphatic heterocycles. The summed E-state index contributed by atoms with van der Waals surface area (Å²) >= 11 is 0. The monoisotopic (exact) mass is 230 g/mol. The Labute approximate surface area is 97.9 Å². The lowest BCUT2D eigenvalue weighted by Crippen LogP contribution is -2.17. The average Bonchev–Trinajstić information content (AvgIpc) is 2.31. The topological polar surface area (TPSA) is 75.9 Å². The maximum Gasteiger partial charge on any atom is 0.240 e. The van der Waals surface area contributed by atoms with Gasteiger partial charge in [0.1, 0.15) is 6.04 Å². The Bertz CT molecular complexity index is 493. The molecule has 0 aliphatic carbocycles. The molecule has 0 heterocycles. The number of carbonyl (C=O) groups is 1. The molecule has 86 valence electrons. The highest BCUT2D eigenvalue weighted by molar-refractivity contribution is 5.82. The molecule has 0 saturated carbocycles. The van der Waals surface area contributed by atoms with Crippen molar-refractivity contribution in [2.75, 3.05) is 0 Å². The second kappa shape index (κ2) is 6.28. The van der Waals surface area contributed by atoms with Crippen LogP contribution in [0.4, 0.5) is 5.69 Å². The first-order valence-corrected chi connectivity index (χ1v) is 4.91. The van der Waals surface area contributed by atoms with Gasteiger partial charge in [-0.3, -0.25) is 4.79 Å².